The summed E-state index contributed by atoms with van der Waals surface area (Å²) in [5.74, 6) is -1.46. The second-order valence-electron chi connectivity index (χ2n) is 4.26. The maximum absolute atomic E-state index is 12.2. The molecule has 1 aromatic heterocycles. The van der Waals surface area contributed by atoms with Gasteiger partial charge in [-0.15, -0.1) is 0 Å². The second-order valence-corrected chi connectivity index (χ2v) is 5.50. The van der Waals surface area contributed by atoms with Crippen molar-refractivity contribution in [3.63, 3.8) is 0 Å². The zero-order valence-electron chi connectivity index (χ0n) is 10.8. The number of aromatic nitrogens is 2. The molecule has 0 spiro atoms. The third-order valence-corrected chi connectivity index (χ3v) is 3.49. The van der Waals surface area contributed by atoms with E-state index in [-0.39, 0.29) is 17.2 Å². The van der Waals surface area contributed by atoms with Crippen molar-refractivity contribution in [1.29, 1.82) is 0 Å². The van der Waals surface area contributed by atoms with Crippen LogP contribution in [0, 0.1) is 17.4 Å². The van der Waals surface area contributed by atoms with Gasteiger partial charge in [-0.3, -0.25) is 9.89 Å². The van der Waals surface area contributed by atoms with Crippen LogP contribution in [-0.4, -0.2) is 27.2 Å². The Labute approximate surface area is 128 Å². The molecule has 0 aliphatic heterocycles. The van der Waals surface area contributed by atoms with Gasteiger partial charge in [-0.05, 0) is 54.6 Å². The molecule has 0 radical (unpaired) electrons. The number of hydrogen-bond donors (Lipinski definition) is 3. The molecule has 0 saturated heterocycles. The molecule has 1 amide bonds. The van der Waals surface area contributed by atoms with Crippen LogP contribution in [0.4, 0.5) is 5.69 Å². The normalized spacial score (nSPS) is 10.3. The summed E-state index contributed by atoms with van der Waals surface area (Å²) in [6, 6.07) is 4.82. The second kappa shape index (κ2) is 5.61. The number of carbonyl (C=O) groups excluding carboxylic acids is 1. The van der Waals surface area contributed by atoms with Crippen molar-refractivity contribution in [1.82, 2.24) is 10.2 Å². The van der Waals surface area contributed by atoms with Gasteiger partial charge in [-0.25, -0.2) is 4.79 Å². The molecule has 0 aliphatic rings. The lowest BCUT2D eigenvalue weighted by atomic mass is 10.1. The number of halogens is 1. The van der Waals surface area contributed by atoms with Gasteiger partial charge < -0.3 is 10.4 Å². The Balaban J connectivity index is 2.36. The molecule has 20 heavy (non-hydrogen) atoms. The number of H-pyrrole nitrogens is 1. The van der Waals surface area contributed by atoms with Gasteiger partial charge in [0.25, 0.3) is 5.91 Å². The van der Waals surface area contributed by atoms with Crippen molar-refractivity contribution in [2.75, 3.05) is 5.32 Å². The summed E-state index contributed by atoms with van der Waals surface area (Å²) >= 11 is 2.02. The molecule has 3 N–H and O–H groups in total. The van der Waals surface area contributed by atoms with Gasteiger partial charge in [-0.2, -0.15) is 5.10 Å². The number of hydrogen-bond acceptors (Lipinski definition) is 3. The van der Waals surface area contributed by atoms with Gasteiger partial charge in [0.2, 0.25) is 0 Å². The van der Waals surface area contributed by atoms with Crippen molar-refractivity contribution in [3.05, 3.63) is 44.3 Å². The van der Waals surface area contributed by atoms with Crippen LogP contribution in [0.1, 0.15) is 32.1 Å². The molecule has 0 bridgehead atoms. The van der Waals surface area contributed by atoms with Crippen molar-refractivity contribution in [2.24, 2.45) is 0 Å². The molecule has 1 heterocycles. The fourth-order valence-corrected chi connectivity index (χ4v) is 2.36. The van der Waals surface area contributed by atoms with Crippen LogP contribution in [0.25, 0.3) is 0 Å². The maximum Gasteiger partial charge on any atom is 0.337 e. The Morgan fingerprint density at radius 2 is 2.05 bits per heavy atom. The highest BCUT2D eigenvalue weighted by molar-refractivity contribution is 14.1. The zero-order valence-corrected chi connectivity index (χ0v) is 13.0. The van der Waals surface area contributed by atoms with E-state index >= 15 is 0 Å². The molecule has 0 unspecified atom stereocenters. The van der Waals surface area contributed by atoms with Crippen LogP contribution in [0.5, 0.6) is 0 Å². The minimum atomic E-state index is -1.08. The SMILES string of the molecule is Cc1n[nH]c(C)c1C(=O)Nc1ccc(I)cc1C(=O)O. The highest BCUT2D eigenvalue weighted by Crippen LogP contribution is 2.20. The lowest BCUT2D eigenvalue weighted by Crippen LogP contribution is -2.16. The number of benzene rings is 1. The predicted molar refractivity (Wildman–Crippen MR) is 82.1 cm³/mol. The summed E-state index contributed by atoms with van der Waals surface area (Å²) in [4.78, 5) is 23.4. The fraction of sp³-hybridized carbons (Fsp3) is 0.154. The Bertz CT molecular complexity index is 675. The Hall–Kier alpha value is -1.90. The minimum Gasteiger partial charge on any atom is -0.478 e. The molecule has 0 saturated carbocycles. The van der Waals surface area contributed by atoms with Crippen LogP contribution < -0.4 is 5.32 Å². The van der Waals surface area contributed by atoms with E-state index < -0.39 is 5.97 Å². The van der Waals surface area contributed by atoms with E-state index in [2.05, 4.69) is 15.5 Å². The van der Waals surface area contributed by atoms with Gasteiger partial charge in [0.1, 0.15) is 0 Å². The topological polar surface area (TPSA) is 95.1 Å². The number of anilines is 1. The van der Waals surface area contributed by atoms with Crippen LogP contribution in [0.15, 0.2) is 18.2 Å². The number of aryl methyl sites for hydroxylation is 2. The summed E-state index contributed by atoms with van der Waals surface area (Å²) in [6.45, 7) is 3.45. The number of aromatic carboxylic acids is 1. The fourth-order valence-electron chi connectivity index (χ4n) is 1.87. The van der Waals surface area contributed by atoms with E-state index in [1.54, 1.807) is 26.0 Å². The van der Waals surface area contributed by atoms with Gasteiger partial charge in [0.15, 0.2) is 0 Å². The summed E-state index contributed by atoms with van der Waals surface area (Å²) in [5.41, 5.74) is 1.97. The molecule has 104 valence electrons. The molecule has 0 fully saturated rings. The molecule has 2 aromatic rings. The average Bonchev–Trinajstić information content (AvgIpc) is 2.71. The average molecular weight is 385 g/mol. The summed E-state index contributed by atoms with van der Waals surface area (Å²) in [5, 5.41) is 18.5. The Morgan fingerprint density at radius 1 is 1.35 bits per heavy atom. The van der Waals surface area contributed by atoms with Crippen molar-refractivity contribution >= 4 is 40.2 Å². The first-order chi connectivity index (χ1) is 9.40. The molecule has 0 aliphatic carbocycles. The van der Waals surface area contributed by atoms with Crippen LogP contribution >= 0.6 is 22.6 Å². The van der Waals surface area contributed by atoms with Gasteiger partial charge in [-0.1, -0.05) is 0 Å². The van der Waals surface area contributed by atoms with Gasteiger partial charge in [0, 0.05) is 9.26 Å². The standard InChI is InChI=1S/C13H12IN3O3/c1-6-11(7(2)17-16-6)12(18)15-10-4-3-8(14)5-9(10)13(19)20/h3-5H,1-2H3,(H,15,18)(H,16,17)(H,19,20). The first kappa shape index (κ1) is 14.5. The van der Waals surface area contributed by atoms with Gasteiger partial charge in [0.05, 0.1) is 22.5 Å². The van der Waals surface area contributed by atoms with E-state index in [4.69, 9.17) is 5.11 Å². The number of carboxylic acids is 1. The largest absolute Gasteiger partial charge is 0.478 e. The third-order valence-electron chi connectivity index (χ3n) is 2.82. The van der Waals surface area contributed by atoms with Crippen LogP contribution in [-0.2, 0) is 0 Å². The molecule has 2 rings (SSSR count). The molecule has 7 heteroatoms. The summed E-state index contributed by atoms with van der Waals surface area (Å²) in [7, 11) is 0. The number of carboxylic acid groups (broad SMARTS) is 1. The van der Waals surface area contributed by atoms with Crippen molar-refractivity contribution in [3.8, 4) is 0 Å². The predicted octanol–water partition coefficient (Wildman–Crippen LogP) is 2.58. The lowest BCUT2D eigenvalue weighted by Gasteiger charge is -2.09. The first-order valence-corrected chi connectivity index (χ1v) is 6.83. The Kier molecular flexibility index (Phi) is 4.07. The monoisotopic (exact) mass is 385 g/mol. The Morgan fingerprint density at radius 3 is 2.60 bits per heavy atom. The number of aromatic amines is 1. The van der Waals surface area contributed by atoms with E-state index in [0.717, 1.165) is 3.57 Å². The summed E-state index contributed by atoms with van der Waals surface area (Å²) < 4.78 is 0.786. The molecular weight excluding hydrogens is 373 g/mol. The van der Waals surface area contributed by atoms with Crippen molar-refractivity contribution < 1.29 is 14.7 Å². The number of nitrogens with one attached hydrogen (secondary N) is 2. The quantitative estimate of drug-likeness (QED) is 0.708. The maximum atomic E-state index is 12.2. The third kappa shape index (κ3) is 2.82. The van der Waals surface area contributed by atoms with E-state index in [1.165, 1.54) is 6.07 Å². The zero-order chi connectivity index (χ0) is 14.9. The smallest absolute Gasteiger partial charge is 0.337 e. The van der Waals surface area contributed by atoms with E-state index in [9.17, 15) is 9.59 Å². The molecule has 0 atom stereocenters. The van der Waals surface area contributed by atoms with E-state index in [1.807, 2.05) is 22.6 Å². The van der Waals surface area contributed by atoms with Crippen LogP contribution in [0.2, 0.25) is 0 Å². The number of nitrogens with zero attached hydrogens (tertiary/aromatic N) is 1. The van der Waals surface area contributed by atoms with Crippen LogP contribution in [0.3, 0.4) is 0 Å². The molecule has 1 aromatic carbocycles. The molecular formula is C13H12IN3O3. The molecule has 6 nitrogen and oxygen atoms in total. The highest BCUT2D eigenvalue weighted by Gasteiger charge is 2.18. The van der Waals surface area contributed by atoms with Gasteiger partial charge >= 0.3 is 5.97 Å². The van der Waals surface area contributed by atoms with E-state index in [0.29, 0.717) is 17.0 Å². The minimum absolute atomic E-state index is 0.0593. The number of amides is 1. The first-order valence-electron chi connectivity index (χ1n) is 5.76. The number of rotatable bonds is 3. The van der Waals surface area contributed by atoms with Crippen molar-refractivity contribution in [2.45, 2.75) is 13.8 Å². The summed E-state index contributed by atoms with van der Waals surface area (Å²) in [6.07, 6.45) is 0. The number of carbonyl (C=O) groups is 2. The lowest BCUT2D eigenvalue weighted by molar-refractivity contribution is 0.0698. The highest BCUT2D eigenvalue weighted by atomic mass is 127.